The summed E-state index contributed by atoms with van der Waals surface area (Å²) in [5, 5.41) is 0. The van der Waals surface area contributed by atoms with Crippen LogP contribution < -0.4 is 0 Å². The van der Waals surface area contributed by atoms with E-state index in [2.05, 4.69) is 4.36 Å². The summed E-state index contributed by atoms with van der Waals surface area (Å²) in [4.78, 5) is 0. The van der Waals surface area contributed by atoms with E-state index in [0.717, 1.165) is 5.56 Å². The molecular weight excluding hydrogens is 162 g/mol. The number of nitrogens with zero attached hydrogens (tertiary/aromatic N) is 1. The van der Waals surface area contributed by atoms with Gasteiger partial charge in [-0.2, -0.15) is 8.42 Å². The number of aryl methyl sites for hydroxylation is 1. The molecule has 58 valence electrons. The monoisotopic (exact) mass is 169 g/mol. The quantitative estimate of drug-likeness (QED) is 0.642. The third-order valence-corrected chi connectivity index (χ3v) is 1.57. The highest BCUT2D eigenvalue weighted by Crippen LogP contribution is 2.11. The molecule has 0 aliphatic rings. The number of benzene rings is 1. The molecule has 0 bridgehead atoms. The van der Waals surface area contributed by atoms with Gasteiger partial charge in [-0.15, -0.1) is 4.36 Å². The first-order chi connectivity index (χ1) is 5.18. The van der Waals surface area contributed by atoms with Crippen molar-refractivity contribution in [3.05, 3.63) is 29.8 Å². The van der Waals surface area contributed by atoms with Crippen molar-refractivity contribution in [1.82, 2.24) is 0 Å². The van der Waals surface area contributed by atoms with Gasteiger partial charge in [-0.1, -0.05) is 17.7 Å². The second-order valence-corrected chi connectivity index (χ2v) is 2.76. The predicted molar refractivity (Wildman–Crippen MR) is 42.2 cm³/mol. The maximum Gasteiger partial charge on any atom is 0.316 e. The summed E-state index contributed by atoms with van der Waals surface area (Å²) in [6.07, 6.45) is 0. The van der Waals surface area contributed by atoms with Crippen molar-refractivity contribution in [3.8, 4) is 0 Å². The first kappa shape index (κ1) is 7.94. The Hall–Kier alpha value is -1.16. The van der Waals surface area contributed by atoms with Gasteiger partial charge >= 0.3 is 10.5 Å². The molecule has 0 aromatic heterocycles. The summed E-state index contributed by atoms with van der Waals surface area (Å²) < 4.78 is 23.5. The van der Waals surface area contributed by atoms with Gasteiger partial charge in [0.25, 0.3) is 0 Å². The Kier molecular flexibility index (Phi) is 2.38. The van der Waals surface area contributed by atoms with E-state index in [-0.39, 0.29) is 0 Å². The fraction of sp³-hybridized carbons (Fsp3) is 0.143. The third kappa shape index (κ3) is 2.51. The van der Waals surface area contributed by atoms with Crippen molar-refractivity contribution in [2.75, 3.05) is 0 Å². The van der Waals surface area contributed by atoms with Crippen LogP contribution in [0.15, 0.2) is 28.6 Å². The molecule has 0 saturated carbocycles. The Labute approximate surface area is 66.4 Å². The maximum atomic E-state index is 10.1. The molecule has 0 fully saturated rings. The predicted octanol–water partition coefficient (Wildman–Crippen LogP) is 1.69. The Balaban J connectivity index is 3.09. The highest BCUT2D eigenvalue weighted by atomic mass is 32.2. The molecule has 0 spiro atoms. The van der Waals surface area contributed by atoms with Crippen LogP contribution >= 0.6 is 0 Å². The summed E-state index contributed by atoms with van der Waals surface area (Å²) in [6, 6.07) is 6.94. The van der Waals surface area contributed by atoms with Gasteiger partial charge in [-0.25, -0.2) is 0 Å². The first-order valence-electron chi connectivity index (χ1n) is 3.06. The molecule has 0 heterocycles. The number of hydrogen-bond acceptors (Lipinski definition) is 3. The van der Waals surface area contributed by atoms with Gasteiger partial charge in [0.15, 0.2) is 0 Å². The minimum absolute atomic E-state index is 0.462. The van der Waals surface area contributed by atoms with E-state index in [1.54, 1.807) is 12.1 Å². The van der Waals surface area contributed by atoms with Gasteiger partial charge < -0.3 is 0 Å². The largest absolute Gasteiger partial charge is 0.316 e. The fourth-order valence-corrected chi connectivity index (χ4v) is 0.986. The van der Waals surface area contributed by atoms with Crippen molar-refractivity contribution in [3.63, 3.8) is 0 Å². The van der Waals surface area contributed by atoms with Crippen molar-refractivity contribution >= 4 is 16.2 Å². The lowest BCUT2D eigenvalue weighted by Gasteiger charge is -1.89. The van der Waals surface area contributed by atoms with Gasteiger partial charge in [-0.3, -0.25) is 0 Å². The third-order valence-electron chi connectivity index (χ3n) is 1.21. The van der Waals surface area contributed by atoms with E-state index in [1.165, 1.54) is 0 Å². The van der Waals surface area contributed by atoms with E-state index < -0.39 is 10.5 Å². The summed E-state index contributed by atoms with van der Waals surface area (Å²) in [5.74, 6) is 0. The lowest BCUT2D eigenvalue weighted by molar-refractivity contribution is 0.622. The molecule has 3 nitrogen and oxygen atoms in total. The van der Waals surface area contributed by atoms with Crippen molar-refractivity contribution in [2.24, 2.45) is 4.36 Å². The topological polar surface area (TPSA) is 46.5 Å². The van der Waals surface area contributed by atoms with Crippen LogP contribution in [0.3, 0.4) is 0 Å². The molecule has 1 aromatic carbocycles. The SMILES string of the molecule is Cc1ccc(N=S(=O)=O)cc1. The Morgan fingerprint density at radius 1 is 1.18 bits per heavy atom. The van der Waals surface area contributed by atoms with Gasteiger partial charge in [-0.05, 0) is 19.1 Å². The molecule has 11 heavy (non-hydrogen) atoms. The average molecular weight is 169 g/mol. The Bertz CT molecular complexity index is 356. The van der Waals surface area contributed by atoms with Crippen LogP contribution in [0.1, 0.15) is 5.56 Å². The van der Waals surface area contributed by atoms with E-state index in [4.69, 9.17) is 0 Å². The van der Waals surface area contributed by atoms with Crippen LogP contribution in [0.2, 0.25) is 0 Å². The molecule has 0 saturated heterocycles. The van der Waals surface area contributed by atoms with E-state index in [0.29, 0.717) is 5.69 Å². The van der Waals surface area contributed by atoms with Crippen molar-refractivity contribution < 1.29 is 8.42 Å². The zero-order valence-corrected chi connectivity index (χ0v) is 6.80. The average Bonchev–Trinajstić information content (AvgIpc) is 1.93. The van der Waals surface area contributed by atoms with Crippen LogP contribution in [-0.2, 0) is 10.5 Å². The molecule has 4 heteroatoms. The second-order valence-electron chi connectivity index (χ2n) is 2.14. The molecule has 0 radical (unpaired) electrons. The van der Waals surface area contributed by atoms with E-state index in [9.17, 15) is 8.42 Å². The normalized spacial score (nSPS) is 9.18. The molecule has 0 atom stereocenters. The summed E-state index contributed by atoms with van der Waals surface area (Å²) in [5.41, 5.74) is 1.55. The molecule has 0 aliphatic carbocycles. The first-order valence-corrected chi connectivity index (χ1v) is 4.09. The zero-order chi connectivity index (χ0) is 8.27. The lowest BCUT2D eigenvalue weighted by Crippen LogP contribution is -1.68. The summed E-state index contributed by atoms with van der Waals surface area (Å²) >= 11 is 0. The molecule has 1 aromatic rings. The summed E-state index contributed by atoms with van der Waals surface area (Å²) in [7, 11) is -2.35. The zero-order valence-electron chi connectivity index (χ0n) is 5.98. The number of hydrogen-bond donors (Lipinski definition) is 0. The molecular formula is C7H7NO2S. The van der Waals surface area contributed by atoms with Crippen molar-refractivity contribution in [1.29, 1.82) is 0 Å². The smallest absolute Gasteiger partial charge is 0.163 e. The molecule has 0 unspecified atom stereocenters. The number of rotatable bonds is 1. The van der Waals surface area contributed by atoms with Gasteiger partial charge in [0, 0.05) is 0 Å². The fourth-order valence-electron chi connectivity index (χ4n) is 0.692. The molecule has 0 amide bonds. The van der Waals surface area contributed by atoms with Crippen LogP contribution in [0.4, 0.5) is 5.69 Å². The van der Waals surface area contributed by atoms with Crippen LogP contribution in [-0.4, -0.2) is 8.42 Å². The van der Waals surface area contributed by atoms with Crippen molar-refractivity contribution in [2.45, 2.75) is 6.92 Å². The summed E-state index contributed by atoms with van der Waals surface area (Å²) in [6.45, 7) is 1.93. The van der Waals surface area contributed by atoms with E-state index in [1.807, 2.05) is 19.1 Å². The van der Waals surface area contributed by atoms with Gasteiger partial charge in [0.05, 0.1) is 5.69 Å². The van der Waals surface area contributed by atoms with Crippen LogP contribution in [0.5, 0.6) is 0 Å². The minimum atomic E-state index is -2.35. The van der Waals surface area contributed by atoms with Gasteiger partial charge in [0.2, 0.25) is 0 Å². The lowest BCUT2D eigenvalue weighted by atomic mass is 10.2. The Morgan fingerprint density at radius 3 is 2.18 bits per heavy atom. The Morgan fingerprint density at radius 2 is 1.73 bits per heavy atom. The minimum Gasteiger partial charge on any atom is -0.163 e. The molecule has 0 aliphatic heterocycles. The van der Waals surface area contributed by atoms with E-state index >= 15 is 0 Å². The van der Waals surface area contributed by atoms with Gasteiger partial charge in [0.1, 0.15) is 0 Å². The molecule has 1 rings (SSSR count). The second kappa shape index (κ2) is 3.30. The van der Waals surface area contributed by atoms with Crippen LogP contribution in [0, 0.1) is 6.92 Å². The molecule has 0 N–H and O–H groups in total. The standard InChI is InChI=1S/C7H7NO2S/c1-6-2-4-7(5-3-6)8-11(9)10/h2-5H,1H3. The highest BCUT2D eigenvalue weighted by Gasteiger charge is 1.86. The highest BCUT2D eigenvalue weighted by molar-refractivity contribution is 7.61. The maximum absolute atomic E-state index is 10.1. The van der Waals surface area contributed by atoms with Crippen LogP contribution in [0.25, 0.3) is 0 Å².